The van der Waals surface area contributed by atoms with Gasteiger partial charge < -0.3 is 0 Å². The van der Waals surface area contributed by atoms with Crippen molar-refractivity contribution in [3.8, 4) is 0 Å². The molecule has 0 aliphatic carbocycles. The molecule has 0 aromatic carbocycles. The van der Waals surface area contributed by atoms with Crippen molar-refractivity contribution in [2.24, 2.45) is 0 Å². The van der Waals surface area contributed by atoms with Crippen molar-refractivity contribution < 1.29 is 37.0 Å². The Bertz CT molecular complexity index is 62.7. The summed E-state index contributed by atoms with van der Waals surface area (Å²) in [6.07, 6.45) is 0. The van der Waals surface area contributed by atoms with Crippen LogP contribution in [0.2, 0.25) is 0 Å². The van der Waals surface area contributed by atoms with Gasteiger partial charge >= 0.3 is 37.0 Å². The van der Waals surface area contributed by atoms with Gasteiger partial charge in [-0.2, -0.15) is 0 Å². The first kappa shape index (κ1) is 7.52. The molecule has 0 aromatic heterocycles. The Morgan fingerprint density at radius 1 is 0.571 bits per heavy atom. The van der Waals surface area contributed by atoms with Crippen LogP contribution in [-0.4, -0.2) is 0 Å². The topological polar surface area (TPSA) is 0 Å². The monoisotopic (exact) mass is 316 g/mol. The molecule has 0 N–H and O–H groups in total. The van der Waals surface area contributed by atoms with E-state index in [1.807, 2.05) is 0 Å². The Hall–Kier alpha value is 0.515. The van der Waals surface area contributed by atoms with Crippen LogP contribution in [0.1, 0.15) is 0 Å². The van der Waals surface area contributed by atoms with E-state index in [2.05, 4.69) is 0 Å². The molecule has 0 bridgehead atoms. The van der Waals surface area contributed by atoms with E-state index in [4.69, 9.17) is 0 Å². The second-order valence-electron chi connectivity index (χ2n) is 1.52. The second kappa shape index (κ2) is 0.823. The molecule has 7 heteroatoms. The Labute approximate surface area is 37.5 Å². The third-order valence-electron chi connectivity index (χ3n) is 0. The van der Waals surface area contributed by atoms with Gasteiger partial charge in [-0.3, -0.25) is 0 Å². The van der Waals surface area contributed by atoms with E-state index in [-0.39, 0.29) is 0 Å². The van der Waals surface area contributed by atoms with Crippen LogP contribution in [0, 0.1) is 0 Å². The fourth-order valence-corrected chi connectivity index (χ4v) is 0. The van der Waals surface area contributed by atoms with Crippen molar-refractivity contribution >= 4 is 0 Å². The molecular formula is F6Hg. The summed E-state index contributed by atoms with van der Waals surface area (Å²) in [7, 11) is 0. The molecule has 0 unspecified atom stereocenters. The second-order valence-corrected chi connectivity index (χ2v) is 13.3. The summed E-state index contributed by atoms with van der Waals surface area (Å²) < 4.78 is 59.7. The molecule has 0 rings (SSSR count). The quantitative estimate of drug-likeness (QED) is 0.476. The summed E-state index contributed by atoms with van der Waals surface area (Å²) in [6.45, 7) is 0. The number of hydrogen-bond donors (Lipinski definition) is 0. The SMILES string of the molecule is [F][Hg]([F])([F])([F])([F])[F]. The first-order valence-corrected chi connectivity index (χ1v) is 14.1. The van der Waals surface area contributed by atoms with Gasteiger partial charge in [-0.15, -0.1) is 0 Å². The van der Waals surface area contributed by atoms with Gasteiger partial charge in [0.1, 0.15) is 0 Å². The molecule has 0 saturated carbocycles. The van der Waals surface area contributed by atoms with E-state index in [1.54, 1.807) is 0 Å². The van der Waals surface area contributed by atoms with Gasteiger partial charge in [0.15, 0.2) is 0 Å². The fraction of sp³-hybridized carbons (Fsp3) is 0. The third kappa shape index (κ3) is 501. The Morgan fingerprint density at radius 2 is 0.571 bits per heavy atom. The van der Waals surface area contributed by atoms with E-state index in [0.717, 1.165) is 0 Å². The Balaban J connectivity index is 4.43. The predicted molar refractivity (Wildman–Crippen MR) is 6.65 cm³/mol. The molecule has 0 radical (unpaired) electrons. The minimum atomic E-state index is -11.5. The zero-order valence-electron chi connectivity index (χ0n) is 2.97. The molecule has 0 saturated heterocycles. The van der Waals surface area contributed by atoms with E-state index in [0.29, 0.717) is 0 Å². The first-order chi connectivity index (χ1) is 2.45. The molecule has 0 fully saturated rings. The van der Waals surface area contributed by atoms with E-state index in [9.17, 15) is 14.8 Å². The van der Waals surface area contributed by atoms with Crippen LogP contribution in [0.15, 0.2) is 0 Å². The van der Waals surface area contributed by atoms with Crippen molar-refractivity contribution in [1.82, 2.24) is 0 Å². The van der Waals surface area contributed by atoms with Crippen molar-refractivity contribution in [2.45, 2.75) is 0 Å². The van der Waals surface area contributed by atoms with Crippen molar-refractivity contribution in [3.63, 3.8) is 0 Å². The van der Waals surface area contributed by atoms with E-state index >= 15 is 0 Å². The average Bonchev–Trinajstić information content (AvgIpc) is 0.592. The van der Waals surface area contributed by atoms with Gasteiger partial charge in [-0.05, 0) is 0 Å². The molecular weight excluding hydrogens is 315 g/mol. The first-order valence-electron chi connectivity index (χ1n) is 1.60. The van der Waals surface area contributed by atoms with Gasteiger partial charge in [0, 0.05) is 0 Å². The summed E-state index contributed by atoms with van der Waals surface area (Å²) >= 11 is -11.5. The molecule has 0 aliphatic rings. The van der Waals surface area contributed by atoms with Crippen LogP contribution < -0.4 is 0 Å². The zero-order chi connectivity index (χ0) is 6.41. The average molecular weight is 315 g/mol. The molecule has 0 aliphatic heterocycles. The Morgan fingerprint density at radius 3 is 0.571 bits per heavy atom. The molecule has 0 heterocycles. The minimum absolute atomic E-state index is 9.95. The van der Waals surface area contributed by atoms with Crippen LogP contribution in [0.25, 0.3) is 0 Å². The molecule has 0 spiro atoms. The maximum absolute atomic E-state index is 11.5. The van der Waals surface area contributed by atoms with Gasteiger partial charge in [0.25, 0.3) is 0 Å². The molecule has 0 atom stereocenters. The van der Waals surface area contributed by atoms with Crippen LogP contribution in [0.4, 0.5) is 14.8 Å². The number of hydrogen-bond acceptors (Lipinski definition) is 0. The summed E-state index contributed by atoms with van der Waals surface area (Å²) in [4.78, 5) is 0. The van der Waals surface area contributed by atoms with Crippen LogP contribution in [0.3, 0.4) is 0 Å². The zero-order valence-corrected chi connectivity index (χ0v) is 8.47. The summed E-state index contributed by atoms with van der Waals surface area (Å²) in [5, 5.41) is 0. The van der Waals surface area contributed by atoms with Gasteiger partial charge in [-0.25, -0.2) is 0 Å². The molecule has 7 heavy (non-hydrogen) atoms. The number of halogens is 6. The summed E-state index contributed by atoms with van der Waals surface area (Å²) in [6, 6.07) is 0. The van der Waals surface area contributed by atoms with Gasteiger partial charge in [0.2, 0.25) is 0 Å². The summed E-state index contributed by atoms with van der Waals surface area (Å²) in [5.74, 6) is 0. The number of rotatable bonds is 0. The Kier molecular flexibility index (Phi) is 0.884. The third-order valence-corrected chi connectivity index (χ3v) is 0. The van der Waals surface area contributed by atoms with E-state index in [1.165, 1.54) is 0 Å². The van der Waals surface area contributed by atoms with Gasteiger partial charge in [0.05, 0.1) is 0 Å². The van der Waals surface area contributed by atoms with Crippen LogP contribution in [0.5, 0.6) is 0 Å². The maximum atomic E-state index is 9.95. The van der Waals surface area contributed by atoms with Crippen molar-refractivity contribution in [3.05, 3.63) is 0 Å². The van der Waals surface area contributed by atoms with Crippen LogP contribution in [-0.2, 0) is 22.2 Å². The molecule has 0 nitrogen and oxygen atoms in total. The predicted octanol–water partition coefficient (Wildman–Crippen LogP) is 2.52. The van der Waals surface area contributed by atoms with Crippen molar-refractivity contribution in [1.29, 1.82) is 0 Å². The normalized spacial score (nSPS) is 18.0. The van der Waals surface area contributed by atoms with Crippen molar-refractivity contribution in [2.75, 3.05) is 0 Å². The molecule has 0 amide bonds. The van der Waals surface area contributed by atoms with Crippen LogP contribution >= 0.6 is 0 Å². The molecule has 0 aromatic rings. The van der Waals surface area contributed by atoms with E-state index < -0.39 is 22.2 Å². The van der Waals surface area contributed by atoms with Gasteiger partial charge in [-0.1, -0.05) is 0 Å². The molecule has 44 valence electrons. The summed E-state index contributed by atoms with van der Waals surface area (Å²) in [5.41, 5.74) is 0. The standard InChI is InChI=1S/6FH.Hg/h6*1H;/q;;;;;;+6/p-6. The fourth-order valence-electron chi connectivity index (χ4n) is 0.